The van der Waals surface area contributed by atoms with E-state index in [1.54, 1.807) is 0 Å². The van der Waals surface area contributed by atoms with Gasteiger partial charge in [0.05, 0.1) is 31.4 Å². The zero-order valence-corrected chi connectivity index (χ0v) is 18.3. The van der Waals surface area contributed by atoms with E-state index >= 15 is 0 Å². The van der Waals surface area contributed by atoms with E-state index in [1.165, 1.54) is 10.5 Å². The van der Waals surface area contributed by atoms with Crippen molar-refractivity contribution in [2.45, 2.75) is 33.3 Å². The third kappa shape index (κ3) is 4.08. The zero-order valence-electron chi connectivity index (χ0n) is 18.3. The van der Waals surface area contributed by atoms with Gasteiger partial charge in [-0.25, -0.2) is 0 Å². The number of carbonyl (C=O) groups excluding carboxylic acids is 2. The van der Waals surface area contributed by atoms with Crippen LogP contribution in [0.1, 0.15) is 31.9 Å². The monoisotopic (exact) mass is 420 g/mol. The van der Waals surface area contributed by atoms with Gasteiger partial charge < -0.3 is 14.4 Å². The van der Waals surface area contributed by atoms with Crippen LogP contribution in [0.25, 0.3) is 5.57 Å². The van der Waals surface area contributed by atoms with Gasteiger partial charge in [0.1, 0.15) is 11.4 Å². The van der Waals surface area contributed by atoms with Crippen molar-refractivity contribution < 1.29 is 19.1 Å². The predicted molar refractivity (Wildman–Crippen MR) is 120 cm³/mol. The van der Waals surface area contributed by atoms with Crippen LogP contribution in [0.4, 0.5) is 5.69 Å². The Kier molecular flexibility index (Phi) is 6.09. The summed E-state index contributed by atoms with van der Waals surface area (Å²) in [6, 6.07) is 15.4. The molecule has 31 heavy (non-hydrogen) atoms. The number of para-hydroxylation sites is 1. The summed E-state index contributed by atoms with van der Waals surface area (Å²) in [5.41, 5.74) is 3.77. The molecule has 2 amide bonds. The molecule has 2 aromatic rings. The minimum absolute atomic E-state index is 0.0382. The molecule has 0 radical (unpaired) electrons. The second kappa shape index (κ2) is 8.94. The summed E-state index contributed by atoms with van der Waals surface area (Å²) < 4.78 is 11.1. The summed E-state index contributed by atoms with van der Waals surface area (Å²) in [6.45, 7) is 7.58. The van der Waals surface area contributed by atoms with Crippen molar-refractivity contribution in [3.8, 4) is 5.75 Å². The fraction of sp³-hybridized carbons (Fsp3) is 0.360. The number of anilines is 1. The van der Waals surface area contributed by atoms with Crippen molar-refractivity contribution in [2.75, 3.05) is 31.2 Å². The lowest BCUT2D eigenvalue weighted by Crippen LogP contribution is -2.37. The van der Waals surface area contributed by atoms with Gasteiger partial charge in [0.15, 0.2) is 0 Å². The normalized spacial score (nSPS) is 16.0. The SMILES string of the molecule is CCOc1ccc(C2=C(N3CCc4ccccc43)C(=O)N(CCOC(C)C)C2=O)cc1. The average Bonchev–Trinajstić information content (AvgIpc) is 3.28. The number of hydrogen-bond acceptors (Lipinski definition) is 5. The summed E-state index contributed by atoms with van der Waals surface area (Å²) >= 11 is 0. The van der Waals surface area contributed by atoms with Crippen LogP contribution in [0.2, 0.25) is 0 Å². The summed E-state index contributed by atoms with van der Waals surface area (Å²) in [7, 11) is 0. The summed E-state index contributed by atoms with van der Waals surface area (Å²) in [6.07, 6.45) is 0.880. The molecule has 0 saturated carbocycles. The summed E-state index contributed by atoms with van der Waals surface area (Å²) in [5.74, 6) is 0.192. The molecular formula is C25H28N2O4. The third-order valence-corrected chi connectivity index (χ3v) is 5.52. The van der Waals surface area contributed by atoms with Crippen molar-refractivity contribution in [2.24, 2.45) is 0 Å². The lowest BCUT2D eigenvalue weighted by molar-refractivity contribution is -0.138. The van der Waals surface area contributed by atoms with Gasteiger partial charge in [-0.15, -0.1) is 0 Å². The number of carbonyl (C=O) groups is 2. The van der Waals surface area contributed by atoms with Crippen LogP contribution in [0.3, 0.4) is 0 Å². The standard InChI is InChI=1S/C25H28N2O4/c1-4-30-20-11-9-19(10-12-20)22-23(26-14-13-18-7-5-6-8-21(18)26)25(29)27(24(22)28)15-16-31-17(2)3/h5-12,17H,4,13-16H2,1-3H3. The van der Waals surface area contributed by atoms with Crippen LogP contribution < -0.4 is 9.64 Å². The minimum atomic E-state index is -0.277. The molecule has 4 rings (SSSR count). The van der Waals surface area contributed by atoms with Crippen molar-refractivity contribution in [1.82, 2.24) is 4.90 Å². The van der Waals surface area contributed by atoms with E-state index in [0.29, 0.717) is 36.6 Å². The minimum Gasteiger partial charge on any atom is -0.494 e. The molecule has 0 fully saturated rings. The number of fused-ring (bicyclic) bond motifs is 1. The molecule has 0 spiro atoms. The van der Waals surface area contributed by atoms with Crippen molar-refractivity contribution >= 4 is 23.1 Å². The molecule has 162 valence electrons. The van der Waals surface area contributed by atoms with E-state index in [4.69, 9.17) is 9.47 Å². The van der Waals surface area contributed by atoms with Crippen molar-refractivity contribution in [3.63, 3.8) is 0 Å². The first-order valence-electron chi connectivity index (χ1n) is 10.8. The summed E-state index contributed by atoms with van der Waals surface area (Å²) in [4.78, 5) is 30.2. The van der Waals surface area contributed by atoms with Crippen LogP contribution in [-0.2, 0) is 20.7 Å². The van der Waals surface area contributed by atoms with Gasteiger partial charge in [-0.2, -0.15) is 0 Å². The molecule has 0 atom stereocenters. The van der Waals surface area contributed by atoms with E-state index < -0.39 is 0 Å². The molecule has 0 N–H and O–H groups in total. The average molecular weight is 421 g/mol. The number of rotatable bonds is 8. The number of imide groups is 1. The molecule has 0 aromatic heterocycles. The lowest BCUT2D eigenvalue weighted by Gasteiger charge is -2.22. The Balaban J connectivity index is 1.73. The van der Waals surface area contributed by atoms with Gasteiger partial charge in [-0.3, -0.25) is 14.5 Å². The Bertz CT molecular complexity index is 1010. The Morgan fingerprint density at radius 1 is 1.00 bits per heavy atom. The second-order valence-electron chi connectivity index (χ2n) is 7.89. The highest BCUT2D eigenvalue weighted by molar-refractivity contribution is 6.36. The van der Waals surface area contributed by atoms with Gasteiger partial charge >= 0.3 is 0 Å². The quantitative estimate of drug-likeness (QED) is 0.610. The van der Waals surface area contributed by atoms with Gasteiger partial charge in [0, 0.05) is 12.2 Å². The Morgan fingerprint density at radius 3 is 2.45 bits per heavy atom. The molecule has 2 aliphatic heterocycles. The number of hydrogen-bond donors (Lipinski definition) is 0. The largest absolute Gasteiger partial charge is 0.494 e. The van der Waals surface area contributed by atoms with E-state index in [0.717, 1.165) is 17.9 Å². The number of benzene rings is 2. The molecule has 2 aliphatic rings. The number of ether oxygens (including phenoxy) is 2. The van der Waals surface area contributed by atoms with Crippen LogP contribution >= 0.6 is 0 Å². The molecule has 0 saturated heterocycles. The Hall–Kier alpha value is -3.12. The second-order valence-corrected chi connectivity index (χ2v) is 7.89. The molecule has 0 bridgehead atoms. The highest BCUT2D eigenvalue weighted by Crippen LogP contribution is 2.38. The van der Waals surface area contributed by atoms with Crippen molar-refractivity contribution in [1.29, 1.82) is 0 Å². The van der Waals surface area contributed by atoms with Crippen LogP contribution in [0, 0.1) is 0 Å². The van der Waals surface area contributed by atoms with Crippen LogP contribution in [0.5, 0.6) is 5.75 Å². The number of nitrogens with zero attached hydrogens (tertiary/aromatic N) is 2. The third-order valence-electron chi connectivity index (χ3n) is 5.52. The van der Waals surface area contributed by atoms with Gasteiger partial charge in [-0.1, -0.05) is 30.3 Å². The van der Waals surface area contributed by atoms with Crippen molar-refractivity contribution in [3.05, 3.63) is 65.4 Å². The molecular weight excluding hydrogens is 392 g/mol. The lowest BCUT2D eigenvalue weighted by atomic mass is 10.0. The van der Waals surface area contributed by atoms with Crippen LogP contribution in [-0.4, -0.2) is 49.1 Å². The summed E-state index contributed by atoms with van der Waals surface area (Å²) in [5, 5.41) is 0. The number of amides is 2. The van der Waals surface area contributed by atoms with Gasteiger partial charge in [-0.05, 0) is 56.5 Å². The maximum absolute atomic E-state index is 13.5. The first-order chi connectivity index (χ1) is 15.0. The van der Waals surface area contributed by atoms with E-state index in [9.17, 15) is 9.59 Å². The van der Waals surface area contributed by atoms with Gasteiger partial charge in [0.25, 0.3) is 11.8 Å². The highest BCUT2D eigenvalue weighted by atomic mass is 16.5. The Morgan fingerprint density at radius 2 is 1.74 bits per heavy atom. The Labute approximate surface area is 183 Å². The topological polar surface area (TPSA) is 59.1 Å². The maximum Gasteiger partial charge on any atom is 0.278 e. The maximum atomic E-state index is 13.5. The first kappa shape index (κ1) is 21.1. The van der Waals surface area contributed by atoms with E-state index in [1.807, 2.05) is 68.1 Å². The van der Waals surface area contributed by atoms with E-state index in [2.05, 4.69) is 6.07 Å². The molecule has 6 nitrogen and oxygen atoms in total. The van der Waals surface area contributed by atoms with E-state index in [-0.39, 0.29) is 24.5 Å². The fourth-order valence-electron chi connectivity index (χ4n) is 4.11. The smallest absolute Gasteiger partial charge is 0.278 e. The van der Waals surface area contributed by atoms with Crippen LogP contribution in [0.15, 0.2) is 54.2 Å². The fourth-order valence-corrected chi connectivity index (χ4v) is 4.11. The molecule has 0 unspecified atom stereocenters. The highest BCUT2D eigenvalue weighted by Gasteiger charge is 2.43. The molecule has 6 heteroatoms. The van der Waals surface area contributed by atoms with Gasteiger partial charge in [0.2, 0.25) is 0 Å². The predicted octanol–water partition coefficient (Wildman–Crippen LogP) is 3.65. The molecule has 2 aromatic carbocycles. The molecule has 2 heterocycles. The molecule has 0 aliphatic carbocycles. The zero-order chi connectivity index (χ0) is 22.0. The first-order valence-corrected chi connectivity index (χ1v) is 10.8.